The lowest BCUT2D eigenvalue weighted by Crippen LogP contribution is -2.10. The predicted octanol–water partition coefficient (Wildman–Crippen LogP) is 5.66. The number of hydrogen-bond acceptors (Lipinski definition) is 6. The van der Waals surface area contributed by atoms with Crippen LogP contribution in [-0.2, 0) is 13.0 Å². The standard InChI is InChI=1S/C27H35N7/c1-20(2)23-19-32-34-26(31-18-21-10-7-5-8-11-21)16-25(33-27(23)34)29-15-9-4-3-6-12-22-13-14-24(28)30-17-22/h5,7-8,10-11,13-14,16-17,19-20,31H,3-4,6,9,12,15,18H2,1-2H3,(H2,28,30)(H,29,33). The van der Waals surface area contributed by atoms with Crippen molar-refractivity contribution < 1.29 is 0 Å². The van der Waals surface area contributed by atoms with Crippen LogP contribution in [0.5, 0.6) is 0 Å². The number of hydrogen-bond donors (Lipinski definition) is 3. The van der Waals surface area contributed by atoms with Crippen molar-refractivity contribution >= 4 is 23.1 Å². The van der Waals surface area contributed by atoms with Crippen molar-refractivity contribution in [1.29, 1.82) is 0 Å². The molecule has 0 unspecified atom stereocenters. The lowest BCUT2D eigenvalue weighted by Gasteiger charge is -2.13. The van der Waals surface area contributed by atoms with Gasteiger partial charge in [-0.05, 0) is 42.4 Å². The average molecular weight is 458 g/mol. The van der Waals surface area contributed by atoms with Gasteiger partial charge in [-0.1, -0.05) is 63.1 Å². The summed E-state index contributed by atoms with van der Waals surface area (Å²) in [7, 11) is 0. The minimum atomic E-state index is 0.360. The number of nitrogens with two attached hydrogens (primary N) is 1. The molecule has 4 aromatic rings. The van der Waals surface area contributed by atoms with Crippen LogP contribution in [0.4, 0.5) is 17.5 Å². The van der Waals surface area contributed by atoms with Crippen LogP contribution in [-0.4, -0.2) is 26.1 Å². The van der Waals surface area contributed by atoms with Crippen LogP contribution in [0.1, 0.15) is 62.1 Å². The number of benzene rings is 1. The Labute approximate surface area is 201 Å². The first-order chi connectivity index (χ1) is 16.6. The third-order valence-electron chi connectivity index (χ3n) is 5.98. The van der Waals surface area contributed by atoms with Gasteiger partial charge in [0.25, 0.3) is 0 Å². The van der Waals surface area contributed by atoms with Gasteiger partial charge < -0.3 is 16.4 Å². The van der Waals surface area contributed by atoms with Gasteiger partial charge in [0, 0.05) is 30.9 Å². The van der Waals surface area contributed by atoms with E-state index in [1.54, 1.807) is 0 Å². The van der Waals surface area contributed by atoms with Crippen molar-refractivity contribution in [2.75, 3.05) is 22.9 Å². The Morgan fingerprint density at radius 1 is 0.912 bits per heavy atom. The number of aryl methyl sites for hydroxylation is 1. The van der Waals surface area contributed by atoms with E-state index in [0.717, 1.165) is 55.2 Å². The summed E-state index contributed by atoms with van der Waals surface area (Å²) in [5.74, 6) is 2.77. The lowest BCUT2D eigenvalue weighted by molar-refractivity contribution is 0.653. The van der Waals surface area contributed by atoms with E-state index in [9.17, 15) is 0 Å². The number of nitrogen functional groups attached to an aromatic ring is 1. The fourth-order valence-electron chi connectivity index (χ4n) is 4.00. The third-order valence-corrected chi connectivity index (χ3v) is 5.98. The van der Waals surface area contributed by atoms with Crippen molar-refractivity contribution in [3.8, 4) is 0 Å². The monoisotopic (exact) mass is 457 g/mol. The Balaban J connectivity index is 1.32. The molecule has 0 fully saturated rings. The second-order valence-corrected chi connectivity index (χ2v) is 9.04. The summed E-state index contributed by atoms with van der Waals surface area (Å²) in [6.07, 6.45) is 9.51. The van der Waals surface area contributed by atoms with Crippen LogP contribution in [0.25, 0.3) is 5.65 Å². The Hall–Kier alpha value is -3.61. The predicted molar refractivity (Wildman–Crippen MR) is 140 cm³/mol. The van der Waals surface area contributed by atoms with Gasteiger partial charge in [0.05, 0.1) is 6.20 Å². The van der Waals surface area contributed by atoms with E-state index in [4.69, 9.17) is 10.7 Å². The minimum absolute atomic E-state index is 0.360. The molecule has 0 bridgehead atoms. The zero-order valence-electron chi connectivity index (χ0n) is 20.2. The molecule has 0 atom stereocenters. The van der Waals surface area contributed by atoms with Crippen LogP contribution < -0.4 is 16.4 Å². The van der Waals surface area contributed by atoms with Crippen molar-refractivity contribution in [2.24, 2.45) is 0 Å². The molecule has 0 spiro atoms. The smallest absolute Gasteiger partial charge is 0.163 e. The molecule has 0 aliphatic heterocycles. The van der Waals surface area contributed by atoms with E-state index >= 15 is 0 Å². The molecule has 7 heteroatoms. The van der Waals surface area contributed by atoms with Crippen molar-refractivity contribution in [3.63, 3.8) is 0 Å². The first-order valence-corrected chi connectivity index (χ1v) is 12.2. The topological polar surface area (TPSA) is 93.2 Å². The number of aromatic nitrogens is 4. The van der Waals surface area contributed by atoms with E-state index in [-0.39, 0.29) is 0 Å². The highest BCUT2D eigenvalue weighted by atomic mass is 15.3. The zero-order chi connectivity index (χ0) is 23.8. The second-order valence-electron chi connectivity index (χ2n) is 9.04. The van der Waals surface area contributed by atoms with Crippen molar-refractivity contribution in [1.82, 2.24) is 19.6 Å². The highest BCUT2D eigenvalue weighted by Gasteiger charge is 2.14. The molecule has 1 aromatic carbocycles. The normalized spacial score (nSPS) is 11.3. The van der Waals surface area contributed by atoms with Crippen molar-refractivity contribution in [3.05, 3.63) is 77.6 Å². The number of unbranched alkanes of at least 4 members (excludes halogenated alkanes) is 3. The maximum atomic E-state index is 5.65. The Kier molecular flexibility index (Phi) is 7.96. The van der Waals surface area contributed by atoms with Crippen LogP contribution in [0, 0.1) is 0 Å². The molecule has 3 aromatic heterocycles. The molecule has 0 aliphatic carbocycles. The van der Waals surface area contributed by atoms with E-state index in [1.807, 2.05) is 29.0 Å². The largest absolute Gasteiger partial charge is 0.384 e. The first-order valence-electron chi connectivity index (χ1n) is 12.2. The van der Waals surface area contributed by atoms with E-state index in [0.29, 0.717) is 11.7 Å². The van der Waals surface area contributed by atoms with Crippen LogP contribution >= 0.6 is 0 Å². The summed E-state index contributed by atoms with van der Waals surface area (Å²) in [5.41, 5.74) is 10.2. The molecular weight excluding hydrogens is 422 g/mol. The molecule has 4 N–H and O–H groups in total. The molecule has 3 heterocycles. The van der Waals surface area contributed by atoms with E-state index < -0.39 is 0 Å². The van der Waals surface area contributed by atoms with Gasteiger partial charge in [-0.25, -0.2) is 9.97 Å². The molecule has 0 saturated carbocycles. The third kappa shape index (κ3) is 6.25. The molecular formula is C27H35N7. The first kappa shape index (κ1) is 23.5. The van der Waals surface area contributed by atoms with Gasteiger partial charge in [-0.2, -0.15) is 9.61 Å². The number of rotatable bonds is 12. The van der Waals surface area contributed by atoms with Crippen LogP contribution in [0.15, 0.2) is 60.9 Å². The van der Waals surface area contributed by atoms with E-state index in [1.165, 1.54) is 24.0 Å². The number of pyridine rings is 1. The number of nitrogens with one attached hydrogen (secondary N) is 2. The van der Waals surface area contributed by atoms with Gasteiger partial charge in [-0.3, -0.25) is 0 Å². The van der Waals surface area contributed by atoms with Crippen LogP contribution in [0.2, 0.25) is 0 Å². The van der Waals surface area contributed by atoms with Gasteiger partial charge in [0.2, 0.25) is 0 Å². The molecule has 178 valence electrons. The maximum absolute atomic E-state index is 5.65. The quantitative estimate of drug-likeness (QED) is 0.238. The molecule has 0 aliphatic rings. The summed E-state index contributed by atoms with van der Waals surface area (Å²) in [4.78, 5) is 9.05. The summed E-state index contributed by atoms with van der Waals surface area (Å²) >= 11 is 0. The van der Waals surface area contributed by atoms with Crippen molar-refractivity contribution in [2.45, 2.75) is 58.4 Å². The SMILES string of the molecule is CC(C)c1cnn2c(NCc3ccccc3)cc(NCCCCCCc3ccc(N)nc3)nc12. The summed E-state index contributed by atoms with van der Waals surface area (Å²) < 4.78 is 1.91. The maximum Gasteiger partial charge on any atom is 0.163 e. The van der Waals surface area contributed by atoms with Gasteiger partial charge in [0.1, 0.15) is 17.5 Å². The number of nitrogens with zero attached hydrogens (tertiary/aromatic N) is 4. The van der Waals surface area contributed by atoms with Gasteiger partial charge in [0.15, 0.2) is 5.65 Å². The van der Waals surface area contributed by atoms with Gasteiger partial charge >= 0.3 is 0 Å². The molecule has 0 saturated heterocycles. The lowest BCUT2D eigenvalue weighted by atomic mass is 10.1. The summed E-state index contributed by atoms with van der Waals surface area (Å²) in [6, 6.07) is 16.4. The fourth-order valence-corrected chi connectivity index (χ4v) is 4.00. The zero-order valence-corrected chi connectivity index (χ0v) is 20.2. The Morgan fingerprint density at radius 3 is 2.50 bits per heavy atom. The number of fused-ring (bicyclic) bond motifs is 1. The van der Waals surface area contributed by atoms with Gasteiger partial charge in [-0.15, -0.1) is 0 Å². The highest BCUT2D eigenvalue weighted by molar-refractivity contribution is 5.61. The molecule has 7 nitrogen and oxygen atoms in total. The minimum Gasteiger partial charge on any atom is -0.384 e. The number of anilines is 3. The second kappa shape index (κ2) is 11.5. The Morgan fingerprint density at radius 2 is 1.74 bits per heavy atom. The highest BCUT2D eigenvalue weighted by Crippen LogP contribution is 2.24. The fraction of sp³-hybridized carbons (Fsp3) is 0.370. The Bertz CT molecular complexity index is 1170. The molecule has 0 radical (unpaired) electrons. The molecule has 4 rings (SSSR count). The molecule has 0 amide bonds. The summed E-state index contributed by atoms with van der Waals surface area (Å²) in [6.45, 7) is 5.99. The average Bonchev–Trinajstić information content (AvgIpc) is 3.28. The van der Waals surface area contributed by atoms with E-state index in [2.05, 4.69) is 71.0 Å². The molecule has 34 heavy (non-hydrogen) atoms. The van der Waals surface area contributed by atoms with Crippen LogP contribution in [0.3, 0.4) is 0 Å². The summed E-state index contributed by atoms with van der Waals surface area (Å²) in [5, 5.41) is 11.7.